The van der Waals surface area contributed by atoms with Crippen molar-refractivity contribution in [3.8, 4) is 0 Å². The molecule has 0 aliphatic carbocycles. The molecule has 1 aliphatic rings. The maximum Gasteiger partial charge on any atom is 0.180 e. The SMILES string of the molecule is Fc1cc2nc(N3CCNCC3)c3nccn3c2cc1Cl. The van der Waals surface area contributed by atoms with Gasteiger partial charge in [-0.3, -0.25) is 4.40 Å². The summed E-state index contributed by atoms with van der Waals surface area (Å²) in [5.41, 5.74) is 2.11. The van der Waals surface area contributed by atoms with E-state index in [2.05, 4.69) is 20.2 Å². The van der Waals surface area contributed by atoms with Gasteiger partial charge in [-0.05, 0) is 6.07 Å². The second-order valence-electron chi connectivity index (χ2n) is 5.05. The van der Waals surface area contributed by atoms with Crippen molar-refractivity contribution in [1.82, 2.24) is 19.7 Å². The second kappa shape index (κ2) is 4.82. The number of nitrogens with zero attached hydrogens (tertiary/aromatic N) is 4. The lowest BCUT2D eigenvalue weighted by atomic mass is 10.2. The van der Waals surface area contributed by atoms with Gasteiger partial charge in [0.1, 0.15) is 5.82 Å². The number of anilines is 1. The molecule has 3 heterocycles. The Balaban J connectivity index is 2.00. The minimum Gasteiger partial charge on any atom is -0.351 e. The van der Waals surface area contributed by atoms with E-state index in [9.17, 15) is 4.39 Å². The molecule has 4 rings (SSSR count). The largest absolute Gasteiger partial charge is 0.351 e. The molecule has 1 saturated heterocycles. The molecular formula is C14H13ClFN5. The molecule has 2 aromatic heterocycles. The number of fused-ring (bicyclic) bond motifs is 3. The van der Waals surface area contributed by atoms with Crippen LogP contribution in [0.1, 0.15) is 0 Å². The van der Waals surface area contributed by atoms with E-state index in [-0.39, 0.29) is 5.02 Å². The number of piperazine rings is 1. The summed E-state index contributed by atoms with van der Waals surface area (Å²) in [5.74, 6) is 0.332. The molecular weight excluding hydrogens is 293 g/mol. The predicted molar refractivity (Wildman–Crippen MR) is 80.5 cm³/mol. The monoisotopic (exact) mass is 305 g/mol. The lowest BCUT2D eigenvalue weighted by Crippen LogP contribution is -2.44. The molecule has 0 spiro atoms. The smallest absolute Gasteiger partial charge is 0.180 e. The highest BCUT2D eigenvalue weighted by atomic mass is 35.5. The average molecular weight is 306 g/mol. The van der Waals surface area contributed by atoms with Gasteiger partial charge < -0.3 is 10.2 Å². The Morgan fingerprint density at radius 2 is 2.05 bits per heavy atom. The summed E-state index contributed by atoms with van der Waals surface area (Å²) in [6.45, 7) is 3.53. The van der Waals surface area contributed by atoms with E-state index in [1.54, 1.807) is 12.3 Å². The number of hydrogen-bond donors (Lipinski definition) is 1. The second-order valence-corrected chi connectivity index (χ2v) is 5.46. The summed E-state index contributed by atoms with van der Waals surface area (Å²) in [6.07, 6.45) is 3.57. The third kappa shape index (κ3) is 2.02. The van der Waals surface area contributed by atoms with Crippen LogP contribution in [-0.4, -0.2) is 40.5 Å². The number of hydrogen-bond acceptors (Lipinski definition) is 4. The Hall–Kier alpha value is -1.92. The zero-order chi connectivity index (χ0) is 14.4. The Labute approximate surface area is 125 Å². The van der Waals surface area contributed by atoms with Crippen LogP contribution in [0.25, 0.3) is 16.7 Å². The lowest BCUT2D eigenvalue weighted by molar-refractivity contribution is 0.586. The van der Waals surface area contributed by atoms with Crippen molar-refractivity contribution in [1.29, 1.82) is 0 Å². The van der Waals surface area contributed by atoms with E-state index in [4.69, 9.17) is 11.6 Å². The van der Waals surface area contributed by atoms with Crippen LogP contribution in [0.2, 0.25) is 5.02 Å². The highest BCUT2D eigenvalue weighted by Gasteiger charge is 2.18. The van der Waals surface area contributed by atoms with Gasteiger partial charge in [-0.25, -0.2) is 14.4 Å². The van der Waals surface area contributed by atoms with E-state index in [0.717, 1.165) is 43.2 Å². The van der Waals surface area contributed by atoms with Crippen LogP contribution < -0.4 is 10.2 Å². The Morgan fingerprint density at radius 1 is 1.24 bits per heavy atom. The van der Waals surface area contributed by atoms with Gasteiger partial charge in [0.25, 0.3) is 0 Å². The van der Waals surface area contributed by atoms with Gasteiger partial charge in [-0.15, -0.1) is 0 Å². The van der Waals surface area contributed by atoms with Crippen LogP contribution in [-0.2, 0) is 0 Å². The zero-order valence-electron chi connectivity index (χ0n) is 11.2. The predicted octanol–water partition coefficient (Wildman–Crippen LogP) is 2.08. The molecule has 108 valence electrons. The third-order valence-electron chi connectivity index (χ3n) is 3.76. The fourth-order valence-corrected chi connectivity index (χ4v) is 2.88. The fraction of sp³-hybridized carbons (Fsp3) is 0.286. The molecule has 1 fully saturated rings. The maximum atomic E-state index is 13.7. The van der Waals surface area contributed by atoms with Gasteiger partial charge in [-0.1, -0.05) is 11.6 Å². The number of benzene rings is 1. The molecule has 1 aliphatic heterocycles. The van der Waals surface area contributed by atoms with Gasteiger partial charge in [0.05, 0.1) is 16.1 Å². The van der Waals surface area contributed by atoms with Crippen molar-refractivity contribution < 1.29 is 4.39 Å². The quantitative estimate of drug-likeness (QED) is 0.748. The van der Waals surface area contributed by atoms with Gasteiger partial charge >= 0.3 is 0 Å². The lowest BCUT2D eigenvalue weighted by Gasteiger charge is -2.28. The van der Waals surface area contributed by atoms with Crippen molar-refractivity contribution in [3.05, 3.63) is 35.4 Å². The first-order valence-corrected chi connectivity index (χ1v) is 7.19. The minimum absolute atomic E-state index is 0.0919. The van der Waals surface area contributed by atoms with Crippen molar-refractivity contribution >= 4 is 34.1 Å². The number of imidazole rings is 1. The zero-order valence-corrected chi connectivity index (χ0v) is 11.9. The molecule has 0 unspecified atom stereocenters. The van der Waals surface area contributed by atoms with Gasteiger partial charge in [-0.2, -0.15) is 0 Å². The first kappa shape index (κ1) is 12.8. The van der Waals surface area contributed by atoms with Crippen LogP contribution in [0.5, 0.6) is 0 Å². The van der Waals surface area contributed by atoms with Crippen LogP contribution in [0, 0.1) is 5.82 Å². The molecule has 5 nitrogen and oxygen atoms in total. The van der Waals surface area contributed by atoms with E-state index < -0.39 is 5.82 Å². The topological polar surface area (TPSA) is 45.5 Å². The van der Waals surface area contributed by atoms with E-state index in [1.807, 2.05) is 10.6 Å². The molecule has 0 atom stereocenters. The highest BCUT2D eigenvalue weighted by molar-refractivity contribution is 6.31. The maximum absolute atomic E-state index is 13.7. The summed E-state index contributed by atoms with van der Waals surface area (Å²) in [7, 11) is 0. The Kier molecular flexibility index (Phi) is 2.94. The summed E-state index contributed by atoms with van der Waals surface area (Å²) in [6, 6.07) is 2.97. The first-order chi connectivity index (χ1) is 10.2. The molecule has 0 radical (unpaired) electrons. The van der Waals surface area contributed by atoms with Gasteiger partial charge in [0.2, 0.25) is 0 Å². The Bertz CT molecular complexity index is 825. The fourth-order valence-electron chi connectivity index (χ4n) is 2.72. The van der Waals surface area contributed by atoms with Crippen LogP contribution in [0.15, 0.2) is 24.5 Å². The molecule has 0 amide bonds. The van der Waals surface area contributed by atoms with E-state index in [1.165, 1.54) is 6.07 Å². The molecule has 3 aromatic rings. The summed E-state index contributed by atoms with van der Waals surface area (Å²) in [4.78, 5) is 11.2. The molecule has 1 aromatic carbocycles. The summed E-state index contributed by atoms with van der Waals surface area (Å²) in [5, 5.41) is 3.40. The molecule has 21 heavy (non-hydrogen) atoms. The molecule has 0 saturated carbocycles. The van der Waals surface area contributed by atoms with Crippen LogP contribution >= 0.6 is 11.6 Å². The normalized spacial score (nSPS) is 16.0. The number of rotatable bonds is 1. The van der Waals surface area contributed by atoms with Gasteiger partial charge in [0, 0.05) is 44.6 Å². The van der Waals surface area contributed by atoms with Crippen molar-refractivity contribution in [3.63, 3.8) is 0 Å². The minimum atomic E-state index is -0.456. The number of halogens is 2. The number of aromatic nitrogens is 3. The van der Waals surface area contributed by atoms with Crippen LogP contribution in [0.4, 0.5) is 10.2 Å². The van der Waals surface area contributed by atoms with Crippen molar-refractivity contribution in [2.45, 2.75) is 0 Å². The number of nitrogens with one attached hydrogen (secondary N) is 1. The van der Waals surface area contributed by atoms with Crippen LogP contribution in [0.3, 0.4) is 0 Å². The average Bonchev–Trinajstić information content (AvgIpc) is 2.99. The summed E-state index contributed by atoms with van der Waals surface area (Å²) < 4.78 is 15.6. The standard InChI is InChI=1S/C14H13ClFN5/c15-9-7-12-11(8-10(9)16)19-14(13-18-3-6-21(12)13)20-4-1-17-2-5-20/h3,6-8,17H,1-2,4-5H2. The molecule has 0 bridgehead atoms. The van der Waals surface area contributed by atoms with Crippen molar-refractivity contribution in [2.24, 2.45) is 0 Å². The molecule has 7 heteroatoms. The van der Waals surface area contributed by atoms with Gasteiger partial charge in [0.15, 0.2) is 11.5 Å². The van der Waals surface area contributed by atoms with Crippen molar-refractivity contribution in [2.75, 3.05) is 31.1 Å². The van der Waals surface area contributed by atoms with E-state index in [0.29, 0.717) is 5.52 Å². The first-order valence-electron chi connectivity index (χ1n) is 6.81. The third-order valence-corrected chi connectivity index (χ3v) is 4.05. The molecule has 1 N–H and O–H groups in total. The Morgan fingerprint density at radius 3 is 2.86 bits per heavy atom. The highest BCUT2D eigenvalue weighted by Crippen LogP contribution is 2.27. The summed E-state index contributed by atoms with van der Waals surface area (Å²) >= 11 is 5.89. The van der Waals surface area contributed by atoms with E-state index >= 15 is 0 Å².